The lowest BCUT2D eigenvalue weighted by Gasteiger charge is -2.23. The van der Waals surface area contributed by atoms with Gasteiger partial charge in [0, 0.05) is 18.8 Å². The Morgan fingerprint density at radius 2 is 2.20 bits per heavy atom. The Bertz CT molecular complexity index is 568. The summed E-state index contributed by atoms with van der Waals surface area (Å²) < 4.78 is 13.2. The van der Waals surface area contributed by atoms with Crippen LogP contribution >= 0.6 is 0 Å². The number of urea groups is 1. The molecular formula is C13H14FN3O3. The lowest BCUT2D eigenvalue weighted by atomic mass is 10.2. The minimum absolute atomic E-state index is 0.171. The highest BCUT2D eigenvalue weighted by atomic mass is 19.1. The zero-order valence-electron chi connectivity index (χ0n) is 11.1. The molecule has 0 saturated carbocycles. The van der Waals surface area contributed by atoms with Crippen molar-refractivity contribution in [1.82, 2.24) is 4.90 Å². The lowest BCUT2D eigenvalue weighted by molar-refractivity contribution is 0.0692. The summed E-state index contributed by atoms with van der Waals surface area (Å²) in [5, 5.41) is 19.8. The number of carboxylic acid groups (broad SMARTS) is 1. The number of carbonyl (C=O) groups is 2. The minimum Gasteiger partial charge on any atom is -0.478 e. The van der Waals surface area contributed by atoms with Crippen molar-refractivity contribution >= 4 is 17.7 Å². The predicted molar refractivity (Wildman–Crippen MR) is 69.8 cm³/mol. The number of carboxylic acids is 1. The number of halogens is 1. The van der Waals surface area contributed by atoms with Gasteiger partial charge in [0.15, 0.2) is 0 Å². The van der Waals surface area contributed by atoms with Crippen LogP contribution in [-0.2, 0) is 0 Å². The number of hydrogen-bond donors (Lipinski definition) is 2. The summed E-state index contributed by atoms with van der Waals surface area (Å²) >= 11 is 0. The topological polar surface area (TPSA) is 93.4 Å². The van der Waals surface area contributed by atoms with E-state index in [9.17, 15) is 14.0 Å². The van der Waals surface area contributed by atoms with Crippen molar-refractivity contribution in [2.75, 3.05) is 12.4 Å². The summed E-state index contributed by atoms with van der Waals surface area (Å²) in [6, 6.07) is 4.43. The third kappa shape index (κ3) is 3.68. The van der Waals surface area contributed by atoms with Gasteiger partial charge >= 0.3 is 12.0 Å². The average Bonchev–Trinajstić information content (AvgIpc) is 2.39. The van der Waals surface area contributed by atoms with Gasteiger partial charge in [-0.3, -0.25) is 0 Å². The molecule has 0 fully saturated rings. The van der Waals surface area contributed by atoms with Crippen LogP contribution in [0.4, 0.5) is 14.9 Å². The van der Waals surface area contributed by atoms with E-state index in [2.05, 4.69) is 5.32 Å². The van der Waals surface area contributed by atoms with Gasteiger partial charge in [-0.15, -0.1) is 0 Å². The molecule has 0 bridgehead atoms. The highest BCUT2D eigenvalue weighted by molar-refractivity contribution is 5.93. The summed E-state index contributed by atoms with van der Waals surface area (Å²) in [5.74, 6) is -2.29. The second-order valence-electron chi connectivity index (χ2n) is 4.25. The number of anilines is 1. The molecule has 1 aromatic rings. The van der Waals surface area contributed by atoms with Crippen LogP contribution in [-0.4, -0.2) is 35.1 Å². The Labute approximate surface area is 115 Å². The molecule has 20 heavy (non-hydrogen) atoms. The van der Waals surface area contributed by atoms with E-state index in [-0.39, 0.29) is 18.2 Å². The molecule has 1 rings (SSSR count). The number of hydrogen-bond acceptors (Lipinski definition) is 3. The van der Waals surface area contributed by atoms with Crippen LogP contribution in [0, 0.1) is 17.1 Å². The van der Waals surface area contributed by atoms with E-state index in [0.717, 1.165) is 12.1 Å². The van der Waals surface area contributed by atoms with E-state index < -0.39 is 23.4 Å². The average molecular weight is 279 g/mol. The van der Waals surface area contributed by atoms with Crippen LogP contribution in [0.2, 0.25) is 0 Å². The highest BCUT2D eigenvalue weighted by Gasteiger charge is 2.17. The number of benzene rings is 1. The molecular weight excluding hydrogens is 265 g/mol. The summed E-state index contributed by atoms with van der Waals surface area (Å²) in [7, 11) is 1.51. The maximum atomic E-state index is 13.2. The molecule has 2 amide bonds. The molecule has 7 heteroatoms. The molecule has 106 valence electrons. The fourth-order valence-electron chi connectivity index (χ4n) is 1.45. The van der Waals surface area contributed by atoms with Gasteiger partial charge in [-0.1, -0.05) is 0 Å². The minimum atomic E-state index is -1.41. The van der Waals surface area contributed by atoms with Gasteiger partial charge in [-0.25, -0.2) is 14.0 Å². The molecule has 6 nitrogen and oxygen atoms in total. The summed E-state index contributed by atoms with van der Waals surface area (Å²) in [6.07, 6.45) is 0.174. The molecule has 0 heterocycles. The SMILES string of the molecule is CC(CC#N)N(C)C(=O)Nc1ccc(F)c(C(=O)O)c1. The first-order chi connectivity index (χ1) is 9.36. The first kappa shape index (κ1) is 15.4. The number of nitrogens with one attached hydrogen (secondary N) is 1. The molecule has 1 aromatic carbocycles. The van der Waals surface area contributed by atoms with Crippen LogP contribution in [0.1, 0.15) is 23.7 Å². The van der Waals surface area contributed by atoms with Crippen molar-refractivity contribution in [3.05, 3.63) is 29.6 Å². The van der Waals surface area contributed by atoms with Crippen molar-refractivity contribution in [2.45, 2.75) is 19.4 Å². The van der Waals surface area contributed by atoms with E-state index in [1.54, 1.807) is 6.92 Å². The number of nitriles is 1. The van der Waals surface area contributed by atoms with Gasteiger partial charge in [0.25, 0.3) is 0 Å². The number of carbonyl (C=O) groups excluding carboxylic acids is 1. The molecule has 0 radical (unpaired) electrons. The van der Waals surface area contributed by atoms with Gasteiger partial charge in [0.05, 0.1) is 18.1 Å². The maximum Gasteiger partial charge on any atom is 0.338 e. The maximum absolute atomic E-state index is 13.2. The fraction of sp³-hybridized carbons (Fsp3) is 0.308. The number of amides is 2. The van der Waals surface area contributed by atoms with Crippen LogP contribution < -0.4 is 5.32 Å². The van der Waals surface area contributed by atoms with Crippen LogP contribution in [0.25, 0.3) is 0 Å². The summed E-state index contributed by atoms with van der Waals surface area (Å²) in [4.78, 5) is 24.0. The van der Waals surface area contributed by atoms with Gasteiger partial charge in [0.2, 0.25) is 0 Å². The number of nitrogens with zero attached hydrogens (tertiary/aromatic N) is 2. The molecule has 0 aliphatic carbocycles. The van der Waals surface area contributed by atoms with Gasteiger partial charge in [-0.05, 0) is 25.1 Å². The highest BCUT2D eigenvalue weighted by Crippen LogP contribution is 2.15. The number of rotatable bonds is 4. The Morgan fingerprint density at radius 3 is 2.75 bits per heavy atom. The van der Waals surface area contributed by atoms with Crippen LogP contribution in [0.3, 0.4) is 0 Å². The van der Waals surface area contributed by atoms with Crippen molar-refractivity contribution in [1.29, 1.82) is 5.26 Å². The van der Waals surface area contributed by atoms with E-state index in [0.29, 0.717) is 0 Å². The Morgan fingerprint density at radius 1 is 1.55 bits per heavy atom. The standard InChI is InChI=1S/C13H14FN3O3/c1-8(5-6-15)17(2)13(20)16-9-3-4-11(14)10(7-9)12(18)19/h3-4,7-8H,5H2,1-2H3,(H,16,20)(H,18,19). The lowest BCUT2D eigenvalue weighted by Crippen LogP contribution is -2.38. The fourth-order valence-corrected chi connectivity index (χ4v) is 1.45. The van der Waals surface area contributed by atoms with E-state index in [4.69, 9.17) is 10.4 Å². The van der Waals surface area contributed by atoms with Crippen molar-refractivity contribution in [3.8, 4) is 6.07 Å². The Hall–Kier alpha value is -2.62. The zero-order valence-corrected chi connectivity index (χ0v) is 11.1. The predicted octanol–water partition coefficient (Wildman–Crippen LogP) is 2.29. The quantitative estimate of drug-likeness (QED) is 0.884. The first-order valence-electron chi connectivity index (χ1n) is 5.80. The van der Waals surface area contributed by atoms with Crippen LogP contribution in [0.5, 0.6) is 0 Å². The third-order valence-corrected chi connectivity index (χ3v) is 2.82. The first-order valence-corrected chi connectivity index (χ1v) is 5.80. The van der Waals surface area contributed by atoms with E-state index >= 15 is 0 Å². The van der Waals surface area contributed by atoms with Gasteiger partial charge < -0.3 is 15.3 Å². The largest absolute Gasteiger partial charge is 0.478 e. The van der Waals surface area contributed by atoms with Crippen LogP contribution in [0.15, 0.2) is 18.2 Å². The Balaban J connectivity index is 2.84. The van der Waals surface area contributed by atoms with Crippen molar-refractivity contribution in [2.24, 2.45) is 0 Å². The molecule has 0 aliphatic heterocycles. The smallest absolute Gasteiger partial charge is 0.338 e. The molecule has 0 spiro atoms. The Kier molecular flexibility index (Phi) is 5.03. The molecule has 1 unspecified atom stereocenters. The van der Waals surface area contributed by atoms with Gasteiger partial charge in [-0.2, -0.15) is 5.26 Å². The summed E-state index contributed by atoms with van der Waals surface area (Å²) in [5.41, 5.74) is -0.347. The monoisotopic (exact) mass is 279 g/mol. The molecule has 2 N–H and O–H groups in total. The van der Waals surface area contributed by atoms with Crippen molar-refractivity contribution in [3.63, 3.8) is 0 Å². The second-order valence-corrected chi connectivity index (χ2v) is 4.25. The van der Waals surface area contributed by atoms with Gasteiger partial charge in [0.1, 0.15) is 5.82 Å². The van der Waals surface area contributed by atoms with E-state index in [1.807, 2.05) is 6.07 Å². The second kappa shape index (κ2) is 6.52. The molecule has 0 aromatic heterocycles. The normalized spacial score (nSPS) is 11.3. The molecule has 1 atom stereocenters. The zero-order chi connectivity index (χ0) is 15.3. The summed E-state index contributed by atoms with van der Waals surface area (Å²) in [6.45, 7) is 1.70. The van der Waals surface area contributed by atoms with Crippen molar-refractivity contribution < 1.29 is 19.1 Å². The number of aromatic carboxylic acids is 1. The molecule has 0 saturated heterocycles. The molecule has 0 aliphatic rings. The van der Waals surface area contributed by atoms with E-state index in [1.165, 1.54) is 18.0 Å². The third-order valence-electron chi connectivity index (χ3n) is 2.82.